The van der Waals surface area contributed by atoms with Gasteiger partial charge in [-0.05, 0) is 6.08 Å². The molecule has 3 nitrogen and oxygen atoms in total. The third-order valence-corrected chi connectivity index (χ3v) is 0.956. The van der Waals surface area contributed by atoms with Crippen molar-refractivity contribution in [3.05, 3.63) is 12.3 Å². The lowest BCUT2D eigenvalue weighted by atomic mass is 10.5. The average molecular weight is 113 g/mol. The topological polar surface area (TPSA) is 29.5 Å². The van der Waals surface area contributed by atoms with Crippen LogP contribution in [0.3, 0.4) is 0 Å². The van der Waals surface area contributed by atoms with Crippen LogP contribution in [0.1, 0.15) is 0 Å². The third kappa shape index (κ3) is 0.804. The van der Waals surface area contributed by atoms with Gasteiger partial charge in [-0.2, -0.15) is 0 Å². The summed E-state index contributed by atoms with van der Waals surface area (Å²) in [6.07, 6.45) is 2.90. The van der Waals surface area contributed by atoms with E-state index in [1.807, 2.05) is 0 Å². The SMILES string of the molecule is CN1CC=COC1=O. The van der Waals surface area contributed by atoms with Crippen molar-refractivity contribution in [1.29, 1.82) is 0 Å². The number of amides is 1. The maximum atomic E-state index is 10.4. The Morgan fingerprint density at radius 3 is 3.00 bits per heavy atom. The smallest absolute Gasteiger partial charge is 0.414 e. The summed E-state index contributed by atoms with van der Waals surface area (Å²) in [5, 5.41) is 0. The van der Waals surface area contributed by atoms with Gasteiger partial charge in [-0.1, -0.05) is 0 Å². The molecule has 44 valence electrons. The number of nitrogens with zero attached hydrogens (tertiary/aromatic N) is 1. The van der Waals surface area contributed by atoms with Crippen LogP contribution in [0.25, 0.3) is 0 Å². The van der Waals surface area contributed by atoms with Gasteiger partial charge in [0, 0.05) is 13.6 Å². The van der Waals surface area contributed by atoms with Gasteiger partial charge in [-0.15, -0.1) is 0 Å². The van der Waals surface area contributed by atoms with Gasteiger partial charge in [0.05, 0.1) is 6.26 Å². The third-order valence-electron chi connectivity index (χ3n) is 0.956. The molecule has 0 aliphatic carbocycles. The molecule has 1 aliphatic rings. The fraction of sp³-hybridized carbons (Fsp3) is 0.400. The van der Waals surface area contributed by atoms with E-state index in [1.54, 1.807) is 13.1 Å². The van der Waals surface area contributed by atoms with Crippen molar-refractivity contribution in [3.63, 3.8) is 0 Å². The monoisotopic (exact) mass is 113 g/mol. The molecule has 0 aromatic rings. The Bertz CT molecular complexity index is 130. The lowest BCUT2D eigenvalue weighted by molar-refractivity contribution is 0.144. The summed E-state index contributed by atoms with van der Waals surface area (Å²) in [4.78, 5) is 11.9. The summed E-state index contributed by atoms with van der Waals surface area (Å²) in [5.41, 5.74) is 0. The molecule has 1 amide bonds. The van der Waals surface area contributed by atoms with E-state index in [0.29, 0.717) is 6.54 Å². The lowest BCUT2D eigenvalue weighted by Crippen LogP contribution is -2.28. The standard InChI is InChI=1S/C5H7NO2/c1-6-3-2-4-8-5(6)7/h2,4H,3H2,1H3. The molecule has 0 N–H and O–H groups in total. The molecule has 0 saturated heterocycles. The highest BCUT2D eigenvalue weighted by Crippen LogP contribution is 1.96. The molecule has 1 heterocycles. The number of likely N-dealkylation sites (N-methyl/N-ethyl adjacent to an activating group) is 1. The number of carbonyl (C=O) groups excluding carboxylic acids is 1. The molecule has 0 atom stereocenters. The second kappa shape index (κ2) is 1.86. The van der Waals surface area contributed by atoms with Crippen molar-refractivity contribution in [1.82, 2.24) is 4.90 Å². The minimum atomic E-state index is -0.285. The summed E-state index contributed by atoms with van der Waals surface area (Å²) in [6, 6.07) is 0. The van der Waals surface area contributed by atoms with Crippen molar-refractivity contribution in [2.45, 2.75) is 0 Å². The Labute approximate surface area is 47.5 Å². The zero-order chi connectivity index (χ0) is 5.98. The zero-order valence-corrected chi connectivity index (χ0v) is 4.63. The molecule has 0 bridgehead atoms. The van der Waals surface area contributed by atoms with Crippen LogP contribution in [0.4, 0.5) is 4.79 Å². The van der Waals surface area contributed by atoms with Gasteiger partial charge in [0.1, 0.15) is 0 Å². The van der Waals surface area contributed by atoms with Gasteiger partial charge < -0.3 is 9.64 Å². The molecule has 8 heavy (non-hydrogen) atoms. The zero-order valence-electron chi connectivity index (χ0n) is 4.63. The number of cyclic esters (lactones) is 1. The highest BCUT2D eigenvalue weighted by Gasteiger charge is 2.09. The molecule has 0 saturated carbocycles. The van der Waals surface area contributed by atoms with Crippen molar-refractivity contribution < 1.29 is 9.53 Å². The Kier molecular flexibility index (Phi) is 1.20. The number of ether oxygens (including phenoxy) is 1. The molecule has 0 unspecified atom stereocenters. The number of hydrogen-bond acceptors (Lipinski definition) is 2. The van der Waals surface area contributed by atoms with E-state index in [9.17, 15) is 4.79 Å². The van der Waals surface area contributed by atoms with E-state index >= 15 is 0 Å². The first-order valence-corrected chi connectivity index (χ1v) is 2.37. The van der Waals surface area contributed by atoms with Gasteiger partial charge in [-0.25, -0.2) is 4.79 Å². The Hall–Kier alpha value is -0.990. The summed E-state index contributed by atoms with van der Waals surface area (Å²) in [7, 11) is 1.69. The van der Waals surface area contributed by atoms with Crippen molar-refractivity contribution in [3.8, 4) is 0 Å². The van der Waals surface area contributed by atoms with Crippen molar-refractivity contribution >= 4 is 6.09 Å². The fourth-order valence-corrected chi connectivity index (χ4v) is 0.472. The summed E-state index contributed by atoms with van der Waals surface area (Å²) < 4.78 is 4.50. The van der Waals surface area contributed by atoms with Gasteiger partial charge in [0.25, 0.3) is 0 Å². The molecule has 1 aliphatic heterocycles. The van der Waals surface area contributed by atoms with E-state index in [4.69, 9.17) is 0 Å². The highest BCUT2D eigenvalue weighted by molar-refractivity contribution is 5.68. The molecule has 3 heteroatoms. The Balaban J connectivity index is 2.57. The molecule has 0 radical (unpaired) electrons. The molecule has 0 aromatic carbocycles. The number of rotatable bonds is 0. The second-order valence-electron chi connectivity index (χ2n) is 1.64. The van der Waals surface area contributed by atoms with Crippen LogP contribution < -0.4 is 0 Å². The van der Waals surface area contributed by atoms with Crippen molar-refractivity contribution in [2.24, 2.45) is 0 Å². The van der Waals surface area contributed by atoms with Gasteiger partial charge in [0.15, 0.2) is 0 Å². The Morgan fingerprint density at radius 1 is 1.88 bits per heavy atom. The average Bonchev–Trinajstić information content (AvgIpc) is 1.77. The first-order valence-electron chi connectivity index (χ1n) is 2.37. The minimum absolute atomic E-state index is 0.285. The molecule has 0 spiro atoms. The quantitative estimate of drug-likeness (QED) is 0.460. The molecular formula is C5H7NO2. The highest BCUT2D eigenvalue weighted by atomic mass is 16.5. The number of hydrogen-bond donors (Lipinski definition) is 0. The Morgan fingerprint density at radius 2 is 2.62 bits per heavy atom. The predicted molar refractivity (Wildman–Crippen MR) is 28.3 cm³/mol. The summed E-state index contributed by atoms with van der Waals surface area (Å²) in [5.74, 6) is 0. The maximum absolute atomic E-state index is 10.4. The summed E-state index contributed by atoms with van der Waals surface area (Å²) in [6.45, 7) is 0.652. The van der Waals surface area contributed by atoms with Crippen LogP contribution in [-0.4, -0.2) is 24.6 Å². The number of carbonyl (C=O) groups is 1. The fourth-order valence-electron chi connectivity index (χ4n) is 0.472. The van der Waals surface area contributed by atoms with Crippen LogP contribution in [0, 0.1) is 0 Å². The van der Waals surface area contributed by atoms with E-state index < -0.39 is 0 Å². The largest absolute Gasteiger partial charge is 0.418 e. The van der Waals surface area contributed by atoms with Crippen LogP contribution in [0.15, 0.2) is 12.3 Å². The van der Waals surface area contributed by atoms with E-state index in [0.717, 1.165) is 0 Å². The van der Waals surface area contributed by atoms with Crippen LogP contribution in [0.2, 0.25) is 0 Å². The minimum Gasteiger partial charge on any atom is -0.418 e. The van der Waals surface area contributed by atoms with E-state index in [-0.39, 0.29) is 6.09 Å². The van der Waals surface area contributed by atoms with Gasteiger partial charge >= 0.3 is 6.09 Å². The van der Waals surface area contributed by atoms with Gasteiger partial charge in [-0.3, -0.25) is 0 Å². The van der Waals surface area contributed by atoms with Crippen molar-refractivity contribution in [2.75, 3.05) is 13.6 Å². The van der Waals surface area contributed by atoms with Gasteiger partial charge in [0.2, 0.25) is 0 Å². The normalized spacial score (nSPS) is 18.6. The molecule has 0 aromatic heterocycles. The van der Waals surface area contributed by atoms with E-state index in [1.165, 1.54) is 11.2 Å². The van der Waals surface area contributed by atoms with Crippen LogP contribution >= 0.6 is 0 Å². The predicted octanol–water partition coefficient (Wildman–Crippen LogP) is 0.582. The van der Waals surface area contributed by atoms with Crippen LogP contribution in [0.5, 0.6) is 0 Å². The van der Waals surface area contributed by atoms with Crippen LogP contribution in [-0.2, 0) is 4.74 Å². The lowest BCUT2D eigenvalue weighted by Gasteiger charge is -2.15. The second-order valence-corrected chi connectivity index (χ2v) is 1.64. The molecule has 0 fully saturated rings. The first-order chi connectivity index (χ1) is 3.80. The first kappa shape index (κ1) is 5.15. The molecule has 1 rings (SSSR count). The maximum Gasteiger partial charge on any atom is 0.414 e. The molecular weight excluding hydrogens is 106 g/mol. The summed E-state index contributed by atoms with van der Waals surface area (Å²) >= 11 is 0. The van der Waals surface area contributed by atoms with E-state index in [2.05, 4.69) is 4.74 Å².